The first-order chi connectivity index (χ1) is 14.7. The molecule has 154 valence electrons. The van der Waals surface area contributed by atoms with Crippen LogP contribution >= 0.6 is 0 Å². The molecule has 0 saturated carbocycles. The summed E-state index contributed by atoms with van der Waals surface area (Å²) in [5.74, 6) is 0.569. The van der Waals surface area contributed by atoms with Crippen molar-refractivity contribution in [1.82, 2.24) is 4.90 Å². The number of amides is 1. The Labute approximate surface area is 178 Å². The molecule has 1 aliphatic heterocycles. The lowest BCUT2D eigenvalue weighted by Gasteiger charge is -2.18. The van der Waals surface area contributed by atoms with Gasteiger partial charge in [0.15, 0.2) is 0 Å². The Kier molecular flexibility index (Phi) is 6.45. The lowest BCUT2D eigenvalue weighted by Crippen LogP contribution is -2.20. The molecule has 0 radical (unpaired) electrons. The van der Waals surface area contributed by atoms with Gasteiger partial charge in [0.2, 0.25) is 0 Å². The van der Waals surface area contributed by atoms with Crippen LogP contribution in [-0.2, 0) is 13.2 Å². The van der Waals surface area contributed by atoms with Crippen molar-refractivity contribution in [2.75, 3.05) is 18.4 Å². The number of carbonyl (C=O) groups excluding carboxylic acids is 1. The molecule has 0 bridgehead atoms. The van der Waals surface area contributed by atoms with Crippen LogP contribution in [0.2, 0.25) is 0 Å². The van der Waals surface area contributed by atoms with Gasteiger partial charge in [-0.3, -0.25) is 9.69 Å². The Bertz CT molecular complexity index is 1010. The molecule has 1 aliphatic rings. The first-order valence-electron chi connectivity index (χ1n) is 10.6. The van der Waals surface area contributed by atoms with Crippen LogP contribution in [0.1, 0.15) is 39.9 Å². The van der Waals surface area contributed by atoms with E-state index in [4.69, 9.17) is 4.74 Å². The quantitative estimate of drug-likeness (QED) is 0.576. The summed E-state index contributed by atoms with van der Waals surface area (Å²) in [5, 5.41) is 3.09. The number of rotatable bonds is 7. The smallest absolute Gasteiger partial charge is 0.255 e. The van der Waals surface area contributed by atoms with Gasteiger partial charge in [0, 0.05) is 17.8 Å². The molecule has 3 aromatic rings. The molecule has 1 saturated heterocycles. The molecule has 0 aliphatic carbocycles. The van der Waals surface area contributed by atoms with E-state index in [1.807, 2.05) is 48.5 Å². The number of nitrogens with one attached hydrogen (secondary N) is 1. The molecule has 0 unspecified atom stereocenters. The maximum absolute atomic E-state index is 12.9. The summed E-state index contributed by atoms with van der Waals surface area (Å²) in [6, 6.07) is 23.7. The highest BCUT2D eigenvalue weighted by Crippen LogP contribution is 2.22. The number of aryl methyl sites for hydroxylation is 1. The summed E-state index contributed by atoms with van der Waals surface area (Å²) in [5.41, 5.74) is 4.94. The molecule has 0 aromatic heterocycles. The Morgan fingerprint density at radius 1 is 0.967 bits per heavy atom. The van der Waals surface area contributed by atoms with Crippen molar-refractivity contribution in [3.8, 4) is 5.75 Å². The molecule has 1 N–H and O–H groups in total. The van der Waals surface area contributed by atoms with E-state index in [1.165, 1.54) is 18.4 Å². The summed E-state index contributed by atoms with van der Waals surface area (Å²) in [6.45, 7) is 5.67. The van der Waals surface area contributed by atoms with Crippen molar-refractivity contribution in [1.29, 1.82) is 0 Å². The third-order valence-corrected chi connectivity index (χ3v) is 5.44. The summed E-state index contributed by atoms with van der Waals surface area (Å²) >= 11 is 0. The standard InChI is InChI=1S/C26H28N2O2/c1-20-8-6-9-21(16-20)19-30-24-12-7-11-22(17-24)26(29)27-25-13-3-2-10-23(25)18-28-14-4-5-15-28/h2-3,6-13,16-17H,4-5,14-15,18-19H2,1H3,(H,27,29). The maximum Gasteiger partial charge on any atom is 0.255 e. The zero-order valence-corrected chi connectivity index (χ0v) is 17.4. The molecule has 3 aromatic carbocycles. The van der Waals surface area contributed by atoms with Gasteiger partial charge in [-0.1, -0.05) is 54.1 Å². The topological polar surface area (TPSA) is 41.6 Å². The van der Waals surface area contributed by atoms with E-state index in [0.29, 0.717) is 17.9 Å². The van der Waals surface area contributed by atoms with Gasteiger partial charge in [-0.05, 0) is 68.2 Å². The summed E-state index contributed by atoms with van der Waals surface area (Å²) in [7, 11) is 0. The van der Waals surface area contributed by atoms with Crippen LogP contribution in [0.4, 0.5) is 5.69 Å². The van der Waals surface area contributed by atoms with Crippen molar-refractivity contribution < 1.29 is 9.53 Å². The number of carbonyl (C=O) groups is 1. The highest BCUT2D eigenvalue weighted by Gasteiger charge is 2.15. The average Bonchev–Trinajstić information content (AvgIpc) is 3.27. The fourth-order valence-electron chi connectivity index (χ4n) is 3.85. The Hall–Kier alpha value is -3.11. The third-order valence-electron chi connectivity index (χ3n) is 5.44. The molecule has 4 rings (SSSR count). The molecule has 1 amide bonds. The van der Waals surface area contributed by atoms with Crippen LogP contribution in [-0.4, -0.2) is 23.9 Å². The van der Waals surface area contributed by atoms with Crippen molar-refractivity contribution in [2.24, 2.45) is 0 Å². The lowest BCUT2D eigenvalue weighted by molar-refractivity contribution is 0.102. The van der Waals surface area contributed by atoms with Crippen molar-refractivity contribution in [3.63, 3.8) is 0 Å². The second-order valence-electron chi connectivity index (χ2n) is 7.90. The lowest BCUT2D eigenvalue weighted by atomic mass is 10.1. The number of nitrogens with zero attached hydrogens (tertiary/aromatic N) is 1. The van der Waals surface area contributed by atoms with Gasteiger partial charge < -0.3 is 10.1 Å². The molecule has 30 heavy (non-hydrogen) atoms. The molecule has 4 nitrogen and oxygen atoms in total. The largest absolute Gasteiger partial charge is 0.489 e. The van der Waals surface area contributed by atoms with Gasteiger partial charge in [0.05, 0.1) is 0 Å². The second-order valence-corrected chi connectivity index (χ2v) is 7.90. The number of ether oxygens (including phenoxy) is 1. The number of para-hydroxylation sites is 1. The van der Waals surface area contributed by atoms with E-state index in [1.54, 1.807) is 6.07 Å². The normalized spacial score (nSPS) is 13.9. The summed E-state index contributed by atoms with van der Waals surface area (Å²) in [6.07, 6.45) is 2.51. The zero-order valence-electron chi connectivity index (χ0n) is 17.4. The number of anilines is 1. The second kappa shape index (κ2) is 9.59. The average molecular weight is 401 g/mol. The van der Waals surface area contributed by atoms with E-state index in [2.05, 4.69) is 35.3 Å². The predicted molar refractivity (Wildman–Crippen MR) is 121 cm³/mol. The minimum absolute atomic E-state index is 0.120. The van der Waals surface area contributed by atoms with Crippen molar-refractivity contribution in [3.05, 3.63) is 95.1 Å². The van der Waals surface area contributed by atoms with Crippen LogP contribution < -0.4 is 10.1 Å². The first kappa shape index (κ1) is 20.2. The number of hydrogen-bond donors (Lipinski definition) is 1. The Balaban J connectivity index is 1.42. The summed E-state index contributed by atoms with van der Waals surface area (Å²) in [4.78, 5) is 15.3. The van der Waals surface area contributed by atoms with Crippen LogP contribution in [0, 0.1) is 6.92 Å². The van der Waals surface area contributed by atoms with E-state index in [0.717, 1.165) is 36.4 Å². The number of hydrogen-bond acceptors (Lipinski definition) is 3. The van der Waals surface area contributed by atoms with Crippen LogP contribution in [0.25, 0.3) is 0 Å². The minimum Gasteiger partial charge on any atom is -0.489 e. The molecule has 1 heterocycles. The highest BCUT2D eigenvalue weighted by atomic mass is 16.5. The Morgan fingerprint density at radius 2 is 1.77 bits per heavy atom. The van der Waals surface area contributed by atoms with Crippen LogP contribution in [0.5, 0.6) is 5.75 Å². The molecule has 0 spiro atoms. The number of likely N-dealkylation sites (tertiary alicyclic amines) is 1. The maximum atomic E-state index is 12.9. The summed E-state index contributed by atoms with van der Waals surface area (Å²) < 4.78 is 5.91. The first-order valence-corrected chi connectivity index (χ1v) is 10.6. The molecule has 4 heteroatoms. The van der Waals surface area contributed by atoms with Gasteiger partial charge in [-0.15, -0.1) is 0 Å². The Morgan fingerprint density at radius 3 is 2.60 bits per heavy atom. The van der Waals surface area contributed by atoms with Crippen molar-refractivity contribution >= 4 is 11.6 Å². The highest BCUT2D eigenvalue weighted by molar-refractivity contribution is 6.04. The monoisotopic (exact) mass is 400 g/mol. The van der Waals surface area contributed by atoms with Gasteiger partial charge in [0.1, 0.15) is 12.4 Å². The van der Waals surface area contributed by atoms with E-state index >= 15 is 0 Å². The molecule has 0 atom stereocenters. The minimum atomic E-state index is -0.120. The van der Waals surface area contributed by atoms with Crippen molar-refractivity contribution in [2.45, 2.75) is 32.9 Å². The fraction of sp³-hybridized carbons (Fsp3) is 0.269. The van der Waals surface area contributed by atoms with Crippen LogP contribution in [0.3, 0.4) is 0 Å². The van der Waals surface area contributed by atoms with E-state index < -0.39 is 0 Å². The number of benzene rings is 3. The zero-order chi connectivity index (χ0) is 20.8. The molecular formula is C26H28N2O2. The third kappa shape index (κ3) is 5.28. The molecule has 1 fully saturated rings. The predicted octanol–water partition coefficient (Wildman–Crippen LogP) is 5.42. The van der Waals surface area contributed by atoms with Crippen LogP contribution in [0.15, 0.2) is 72.8 Å². The fourth-order valence-corrected chi connectivity index (χ4v) is 3.85. The van der Waals surface area contributed by atoms with E-state index in [9.17, 15) is 4.79 Å². The van der Waals surface area contributed by atoms with Gasteiger partial charge in [0.25, 0.3) is 5.91 Å². The van der Waals surface area contributed by atoms with Gasteiger partial charge in [-0.25, -0.2) is 0 Å². The van der Waals surface area contributed by atoms with E-state index in [-0.39, 0.29) is 5.91 Å². The SMILES string of the molecule is Cc1cccc(COc2cccc(C(=O)Nc3ccccc3CN3CCCC3)c2)c1. The van der Waals surface area contributed by atoms with Gasteiger partial charge in [-0.2, -0.15) is 0 Å². The van der Waals surface area contributed by atoms with Gasteiger partial charge >= 0.3 is 0 Å². The molecular weight excluding hydrogens is 372 g/mol.